The van der Waals surface area contributed by atoms with E-state index in [-0.39, 0.29) is 0 Å². The summed E-state index contributed by atoms with van der Waals surface area (Å²) in [6.07, 6.45) is -7.27. The van der Waals surface area contributed by atoms with Crippen molar-refractivity contribution in [1.29, 1.82) is 0 Å². The second-order valence-corrected chi connectivity index (χ2v) is 4.50. The summed E-state index contributed by atoms with van der Waals surface area (Å²) in [5.41, 5.74) is -0.759. The van der Waals surface area contributed by atoms with Crippen LogP contribution >= 0.6 is 0 Å². The maximum absolute atomic E-state index is 12.1. The van der Waals surface area contributed by atoms with Crippen LogP contribution in [0.5, 0.6) is 0 Å². The lowest BCUT2D eigenvalue weighted by Crippen LogP contribution is -2.51. The molecule has 0 saturated heterocycles. The largest absolute Gasteiger partial charge is 0.480 e. The van der Waals surface area contributed by atoms with E-state index in [0.29, 0.717) is 0 Å². The molecule has 0 aromatic heterocycles. The SMILES string of the molecule is CC(C)(C)N(CC(=O)O)CC(O)C(F)(F)F. The molecule has 1 atom stereocenters. The lowest BCUT2D eigenvalue weighted by molar-refractivity contribution is -0.211. The monoisotopic (exact) mass is 243 g/mol. The first kappa shape index (κ1) is 15.2. The van der Waals surface area contributed by atoms with Crippen molar-refractivity contribution >= 4 is 5.97 Å². The van der Waals surface area contributed by atoms with Crippen LogP contribution in [0.15, 0.2) is 0 Å². The maximum atomic E-state index is 12.1. The Kier molecular flexibility index (Phi) is 4.75. The zero-order valence-electron chi connectivity index (χ0n) is 9.38. The smallest absolute Gasteiger partial charge is 0.415 e. The van der Waals surface area contributed by atoms with Crippen LogP contribution in [0.3, 0.4) is 0 Å². The Hall–Kier alpha value is -0.820. The average Bonchev–Trinajstić information content (AvgIpc) is 1.98. The first-order chi connectivity index (χ1) is 6.94. The molecule has 0 aromatic carbocycles. The number of carboxylic acid groups (broad SMARTS) is 1. The minimum Gasteiger partial charge on any atom is -0.480 e. The highest BCUT2D eigenvalue weighted by atomic mass is 19.4. The van der Waals surface area contributed by atoms with Crippen molar-refractivity contribution in [3.05, 3.63) is 0 Å². The van der Waals surface area contributed by atoms with Gasteiger partial charge in [0.05, 0.1) is 6.54 Å². The summed E-state index contributed by atoms with van der Waals surface area (Å²) in [7, 11) is 0. The summed E-state index contributed by atoms with van der Waals surface area (Å²) in [5.74, 6) is -1.23. The van der Waals surface area contributed by atoms with E-state index in [0.717, 1.165) is 4.90 Å². The lowest BCUT2D eigenvalue weighted by atomic mass is 10.1. The van der Waals surface area contributed by atoms with E-state index < -0.39 is 36.9 Å². The summed E-state index contributed by atoms with van der Waals surface area (Å²) >= 11 is 0. The van der Waals surface area contributed by atoms with E-state index in [9.17, 15) is 18.0 Å². The number of hydrogen-bond acceptors (Lipinski definition) is 3. The van der Waals surface area contributed by atoms with Crippen molar-refractivity contribution in [3.63, 3.8) is 0 Å². The number of hydrogen-bond donors (Lipinski definition) is 2. The van der Waals surface area contributed by atoms with Gasteiger partial charge in [0.15, 0.2) is 6.10 Å². The second kappa shape index (κ2) is 5.01. The Labute approximate surface area is 91.7 Å². The molecule has 2 N–H and O–H groups in total. The zero-order chi connectivity index (χ0) is 13.1. The Bertz CT molecular complexity index is 247. The van der Waals surface area contributed by atoms with Gasteiger partial charge < -0.3 is 10.2 Å². The van der Waals surface area contributed by atoms with Crippen LogP contribution in [0.4, 0.5) is 13.2 Å². The number of nitrogens with zero attached hydrogens (tertiary/aromatic N) is 1. The summed E-state index contributed by atoms with van der Waals surface area (Å²) < 4.78 is 36.3. The summed E-state index contributed by atoms with van der Waals surface area (Å²) in [5, 5.41) is 17.4. The van der Waals surface area contributed by atoms with Crippen LogP contribution in [-0.4, -0.2) is 52.0 Å². The molecule has 0 fully saturated rings. The first-order valence-corrected chi connectivity index (χ1v) is 4.66. The van der Waals surface area contributed by atoms with Crippen molar-refractivity contribution in [1.82, 2.24) is 4.90 Å². The molecule has 0 aliphatic heterocycles. The van der Waals surface area contributed by atoms with E-state index in [4.69, 9.17) is 10.2 Å². The normalized spacial score (nSPS) is 15.2. The number of aliphatic hydroxyl groups is 1. The third-order valence-corrected chi connectivity index (χ3v) is 2.05. The van der Waals surface area contributed by atoms with E-state index in [1.807, 2.05) is 0 Å². The molecule has 0 bridgehead atoms. The molecule has 0 heterocycles. The molecule has 1 unspecified atom stereocenters. The number of rotatable bonds is 4. The Morgan fingerprint density at radius 3 is 2.00 bits per heavy atom. The predicted octanol–water partition coefficient (Wildman–Crippen LogP) is 1.09. The number of carbonyl (C=O) groups is 1. The second-order valence-electron chi connectivity index (χ2n) is 4.50. The van der Waals surface area contributed by atoms with Gasteiger partial charge in [-0.1, -0.05) is 0 Å². The van der Waals surface area contributed by atoms with Gasteiger partial charge in [-0.05, 0) is 20.8 Å². The van der Waals surface area contributed by atoms with Gasteiger partial charge in [-0.25, -0.2) is 0 Å². The molecular formula is C9H16F3NO3. The predicted molar refractivity (Wildman–Crippen MR) is 51.0 cm³/mol. The number of aliphatic carboxylic acids is 1. The van der Waals surface area contributed by atoms with Gasteiger partial charge in [0.25, 0.3) is 0 Å². The first-order valence-electron chi connectivity index (χ1n) is 4.66. The van der Waals surface area contributed by atoms with E-state index >= 15 is 0 Å². The average molecular weight is 243 g/mol. The van der Waals surface area contributed by atoms with E-state index in [1.54, 1.807) is 20.8 Å². The molecule has 0 aliphatic carbocycles. The number of aliphatic hydroxyl groups excluding tert-OH is 1. The molecule has 0 amide bonds. The van der Waals surface area contributed by atoms with Crippen molar-refractivity contribution in [3.8, 4) is 0 Å². The minimum absolute atomic E-state index is 0.545. The molecule has 96 valence electrons. The fraction of sp³-hybridized carbons (Fsp3) is 0.889. The molecule has 0 saturated carbocycles. The molecule has 0 aromatic rings. The van der Waals surface area contributed by atoms with E-state index in [2.05, 4.69) is 0 Å². The molecule has 0 radical (unpaired) electrons. The standard InChI is InChI=1S/C9H16F3NO3/c1-8(2,3)13(5-7(15)16)4-6(14)9(10,11)12/h6,14H,4-5H2,1-3H3,(H,15,16). The van der Waals surface area contributed by atoms with Gasteiger partial charge in [0, 0.05) is 12.1 Å². The Balaban J connectivity index is 4.62. The number of carboxylic acids is 1. The molecule has 16 heavy (non-hydrogen) atoms. The van der Waals surface area contributed by atoms with Crippen LogP contribution in [0, 0.1) is 0 Å². The van der Waals surface area contributed by atoms with Gasteiger partial charge in [-0.3, -0.25) is 9.69 Å². The van der Waals surface area contributed by atoms with Crippen LogP contribution in [0.2, 0.25) is 0 Å². The molecular weight excluding hydrogens is 227 g/mol. The van der Waals surface area contributed by atoms with Crippen molar-refractivity contribution in [2.24, 2.45) is 0 Å². The van der Waals surface area contributed by atoms with Gasteiger partial charge in [0.2, 0.25) is 0 Å². The maximum Gasteiger partial charge on any atom is 0.415 e. The van der Waals surface area contributed by atoms with Crippen LogP contribution in [0.1, 0.15) is 20.8 Å². The quantitative estimate of drug-likeness (QED) is 0.776. The molecule has 0 aliphatic rings. The molecule has 4 nitrogen and oxygen atoms in total. The molecule has 0 spiro atoms. The van der Waals surface area contributed by atoms with Crippen LogP contribution in [-0.2, 0) is 4.79 Å². The fourth-order valence-corrected chi connectivity index (χ4v) is 1.05. The minimum atomic E-state index is -4.73. The van der Waals surface area contributed by atoms with E-state index in [1.165, 1.54) is 0 Å². The molecule has 0 rings (SSSR count). The highest BCUT2D eigenvalue weighted by Gasteiger charge is 2.41. The number of alkyl halides is 3. The Morgan fingerprint density at radius 2 is 1.75 bits per heavy atom. The summed E-state index contributed by atoms with van der Waals surface area (Å²) in [6, 6.07) is 0. The van der Waals surface area contributed by atoms with Gasteiger partial charge >= 0.3 is 12.1 Å². The third kappa shape index (κ3) is 5.32. The van der Waals surface area contributed by atoms with Crippen LogP contribution in [0.25, 0.3) is 0 Å². The highest BCUT2D eigenvalue weighted by Crippen LogP contribution is 2.23. The lowest BCUT2D eigenvalue weighted by Gasteiger charge is -2.35. The number of halogens is 3. The number of β-amino-alcohol motifs (C(OH)–C–C–N with tert-alkyl or cyclic N) is 1. The topological polar surface area (TPSA) is 60.8 Å². The van der Waals surface area contributed by atoms with Gasteiger partial charge in [-0.15, -0.1) is 0 Å². The van der Waals surface area contributed by atoms with Crippen LogP contribution < -0.4 is 0 Å². The third-order valence-electron chi connectivity index (χ3n) is 2.05. The van der Waals surface area contributed by atoms with Crippen molar-refractivity contribution in [2.45, 2.75) is 38.6 Å². The zero-order valence-corrected chi connectivity index (χ0v) is 9.38. The summed E-state index contributed by atoms with van der Waals surface area (Å²) in [4.78, 5) is 11.5. The fourth-order valence-electron chi connectivity index (χ4n) is 1.05. The van der Waals surface area contributed by atoms with Gasteiger partial charge in [-0.2, -0.15) is 13.2 Å². The highest BCUT2D eigenvalue weighted by molar-refractivity contribution is 5.69. The molecule has 7 heteroatoms. The van der Waals surface area contributed by atoms with Crippen molar-refractivity contribution < 1.29 is 28.2 Å². The van der Waals surface area contributed by atoms with Gasteiger partial charge in [0.1, 0.15) is 0 Å². The van der Waals surface area contributed by atoms with Crippen molar-refractivity contribution in [2.75, 3.05) is 13.1 Å². The summed E-state index contributed by atoms with van der Waals surface area (Å²) in [6.45, 7) is 3.45. The Morgan fingerprint density at radius 1 is 1.31 bits per heavy atom.